The molecule has 25 heavy (non-hydrogen) atoms. The van der Waals surface area contributed by atoms with Crippen molar-refractivity contribution in [3.63, 3.8) is 0 Å². The summed E-state index contributed by atoms with van der Waals surface area (Å²) in [7, 11) is 0. The predicted molar refractivity (Wildman–Crippen MR) is 94.8 cm³/mol. The van der Waals surface area contributed by atoms with Gasteiger partial charge in [0.2, 0.25) is 5.78 Å². The number of unbranched alkanes of at least 4 members (excludes halogenated alkanes) is 1. The van der Waals surface area contributed by atoms with Crippen molar-refractivity contribution < 1.29 is 24.0 Å². The molecule has 6 nitrogen and oxygen atoms in total. The van der Waals surface area contributed by atoms with E-state index in [-0.39, 0.29) is 23.9 Å². The molecule has 0 saturated carbocycles. The van der Waals surface area contributed by atoms with E-state index >= 15 is 0 Å². The van der Waals surface area contributed by atoms with E-state index in [1.54, 1.807) is 19.1 Å². The van der Waals surface area contributed by atoms with Crippen LogP contribution in [0.15, 0.2) is 29.4 Å². The lowest BCUT2D eigenvalue weighted by Gasteiger charge is -2.06. The Bertz CT molecular complexity index is 619. The van der Waals surface area contributed by atoms with Crippen LogP contribution in [-0.2, 0) is 14.4 Å². The van der Waals surface area contributed by atoms with Gasteiger partial charge < -0.3 is 4.74 Å². The molecule has 0 radical (unpaired) electrons. The molecule has 0 atom stereocenters. The molecule has 0 saturated heterocycles. The number of hydrogen-bond donors (Lipinski definition) is 0. The number of oxime groups is 1. The average molecular weight is 347 g/mol. The fourth-order valence-electron chi connectivity index (χ4n) is 2.10. The maximum atomic E-state index is 12.6. The second-order valence-corrected chi connectivity index (χ2v) is 5.61. The molecule has 0 aliphatic rings. The highest BCUT2D eigenvalue weighted by Crippen LogP contribution is 2.11. The summed E-state index contributed by atoms with van der Waals surface area (Å²) in [5.41, 5.74) is 1.65. The van der Waals surface area contributed by atoms with Gasteiger partial charge in [0.1, 0.15) is 11.5 Å². The smallest absolute Gasteiger partial charge is 0.433 e. The van der Waals surface area contributed by atoms with Gasteiger partial charge in [-0.15, -0.1) is 0 Å². The van der Waals surface area contributed by atoms with Crippen LogP contribution in [0.2, 0.25) is 0 Å². The Morgan fingerprint density at radius 1 is 1.00 bits per heavy atom. The molecule has 0 fully saturated rings. The lowest BCUT2D eigenvalue weighted by Crippen LogP contribution is -2.16. The Kier molecular flexibility index (Phi) is 9.14. The SMILES string of the molecule is CCOC(=O)O/N=C(\CCCCC(=O)CC)C(=O)c1ccc(C)cc1. The summed E-state index contributed by atoms with van der Waals surface area (Å²) < 4.78 is 4.64. The summed E-state index contributed by atoms with van der Waals surface area (Å²) in [5, 5.41) is 3.69. The minimum Gasteiger partial charge on any atom is -0.433 e. The quantitative estimate of drug-likeness (QED) is 0.158. The van der Waals surface area contributed by atoms with Crippen molar-refractivity contribution in [1.82, 2.24) is 0 Å². The number of carbonyl (C=O) groups is 3. The number of benzene rings is 1. The van der Waals surface area contributed by atoms with Crippen LogP contribution in [0.5, 0.6) is 0 Å². The van der Waals surface area contributed by atoms with Crippen LogP contribution in [0.25, 0.3) is 0 Å². The molecule has 0 aliphatic carbocycles. The monoisotopic (exact) mass is 347 g/mol. The van der Waals surface area contributed by atoms with Gasteiger partial charge in [0.05, 0.1) is 6.61 Å². The zero-order chi connectivity index (χ0) is 18.7. The third kappa shape index (κ3) is 7.74. The minimum atomic E-state index is -0.946. The van der Waals surface area contributed by atoms with E-state index in [0.717, 1.165) is 5.56 Å². The number of carbonyl (C=O) groups excluding carboxylic acids is 3. The number of ketones is 2. The highest BCUT2D eigenvalue weighted by molar-refractivity contribution is 6.45. The van der Waals surface area contributed by atoms with Crippen LogP contribution >= 0.6 is 0 Å². The van der Waals surface area contributed by atoms with E-state index < -0.39 is 6.16 Å². The molecule has 0 aliphatic heterocycles. The van der Waals surface area contributed by atoms with E-state index in [1.165, 1.54) is 0 Å². The van der Waals surface area contributed by atoms with Gasteiger partial charge in [-0.05, 0) is 33.1 Å². The molecule has 1 aromatic carbocycles. The van der Waals surface area contributed by atoms with Crippen LogP contribution in [0, 0.1) is 6.92 Å². The summed E-state index contributed by atoms with van der Waals surface area (Å²) >= 11 is 0. The standard InChI is InChI=1S/C19H25NO5/c1-4-16(21)8-6-7-9-17(20-25-19(23)24-5-2)18(22)15-12-10-14(3)11-13-15/h10-13H,4-9H2,1-3H3/b20-17+. The Morgan fingerprint density at radius 2 is 1.64 bits per heavy atom. The topological polar surface area (TPSA) is 82.0 Å². The zero-order valence-electron chi connectivity index (χ0n) is 15.0. The number of ether oxygens (including phenoxy) is 1. The normalized spacial score (nSPS) is 11.1. The molecule has 1 aromatic rings. The van der Waals surface area contributed by atoms with Crippen molar-refractivity contribution in [3.8, 4) is 0 Å². The molecule has 0 spiro atoms. The molecule has 136 valence electrons. The van der Waals surface area contributed by atoms with Crippen LogP contribution < -0.4 is 0 Å². The van der Waals surface area contributed by atoms with Gasteiger partial charge in [-0.2, -0.15) is 0 Å². The Labute approximate surface area is 148 Å². The first-order chi connectivity index (χ1) is 12.0. The van der Waals surface area contributed by atoms with Crippen LogP contribution in [-0.4, -0.2) is 30.0 Å². The van der Waals surface area contributed by atoms with Crippen molar-refractivity contribution in [2.75, 3.05) is 6.61 Å². The van der Waals surface area contributed by atoms with Crippen LogP contribution in [0.3, 0.4) is 0 Å². The number of aryl methyl sites for hydroxylation is 1. The van der Waals surface area contributed by atoms with Crippen molar-refractivity contribution in [3.05, 3.63) is 35.4 Å². The maximum absolute atomic E-state index is 12.6. The van der Waals surface area contributed by atoms with Gasteiger partial charge in [0.15, 0.2) is 0 Å². The van der Waals surface area contributed by atoms with Crippen LogP contribution in [0.1, 0.15) is 61.9 Å². The number of Topliss-reactive ketones (excluding diaryl/α,β-unsaturated/α-hetero) is 2. The number of nitrogens with zero attached hydrogens (tertiary/aromatic N) is 1. The van der Waals surface area contributed by atoms with E-state index in [4.69, 9.17) is 0 Å². The third-order valence-electron chi connectivity index (χ3n) is 3.58. The van der Waals surface area contributed by atoms with E-state index in [2.05, 4.69) is 14.7 Å². The summed E-state index contributed by atoms with van der Waals surface area (Å²) in [5.74, 6) is -0.114. The molecule has 0 N–H and O–H groups in total. The van der Waals surface area contributed by atoms with Crippen molar-refractivity contribution in [2.45, 2.75) is 52.9 Å². The zero-order valence-corrected chi connectivity index (χ0v) is 15.0. The summed E-state index contributed by atoms with van der Waals surface area (Å²) in [6, 6.07) is 7.07. The molecule has 0 aromatic heterocycles. The largest absolute Gasteiger partial charge is 0.535 e. The molecular formula is C19H25NO5. The van der Waals surface area contributed by atoms with Gasteiger partial charge in [0, 0.05) is 18.4 Å². The second kappa shape index (κ2) is 11.1. The summed E-state index contributed by atoms with van der Waals surface area (Å²) in [4.78, 5) is 39.9. The minimum absolute atomic E-state index is 0.140. The third-order valence-corrected chi connectivity index (χ3v) is 3.58. The highest BCUT2D eigenvalue weighted by atomic mass is 16.8. The first-order valence-corrected chi connectivity index (χ1v) is 8.51. The summed E-state index contributed by atoms with van der Waals surface area (Å²) in [6.07, 6.45) is 1.62. The lowest BCUT2D eigenvalue weighted by molar-refractivity contribution is -0.118. The van der Waals surface area contributed by atoms with Crippen molar-refractivity contribution >= 4 is 23.4 Å². The first kappa shape index (κ1) is 20.5. The Balaban J connectivity index is 2.77. The van der Waals surface area contributed by atoms with Gasteiger partial charge in [-0.1, -0.05) is 41.9 Å². The average Bonchev–Trinajstić information content (AvgIpc) is 2.61. The van der Waals surface area contributed by atoms with Gasteiger partial charge in [-0.3, -0.25) is 14.4 Å². The fourth-order valence-corrected chi connectivity index (χ4v) is 2.10. The van der Waals surface area contributed by atoms with Gasteiger partial charge in [-0.25, -0.2) is 4.79 Å². The molecule has 6 heteroatoms. The maximum Gasteiger partial charge on any atom is 0.535 e. The first-order valence-electron chi connectivity index (χ1n) is 8.51. The predicted octanol–water partition coefficient (Wildman–Crippen LogP) is 4.25. The molecule has 0 amide bonds. The van der Waals surface area contributed by atoms with Gasteiger partial charge >= 0.3 is 6.16 Å². The number of hydrogen-bond acceptors (Lipinski definition) is 6. The Hall–Kier alpha value is -2.50. The van der Waals surface area contributed by atoms with Crippen molar-refractivity contribution in [1.29, 1.82) is 0 Å². The van der Waals surface area contributed by atoms with E-state index in [1.807, 2.05) is 26.0 Å². The number of rotatable bonds is 10. The van der Waals surface area contributed by atoms with E-state index in [0.29, 0.717) is 37.7 Å². The molecule has 0 bridgehead atoms. The Morgan fingerprint density at radius 3 is 2.24 bits per heavy atom. The fraction of sp³-hybridized carbons (Fsp3) is 0.474. The van der Waals surface area contributed by atoms with Crippen LogP contribution in [0.4, 0.5) is 4.79 Å². The lowest BCUT2D eigenvalue weighted by atomic mass is 10.0. The highest BCUT2D eigenvalue weighted by Gasteiger charge is 2.16. The summed E-state index contributed by atoms with van der Waals surface area (Å²) in [6.45, 7) is 5.56. The molecule has 0 unspecified atom stereocenters. The van der Waals surface area contributed by atoms with Crippen molar-refractivity contribution in [2.24, 2.45) is 5.16 Å². The molecular weight excluding hydrogens is 322 g/mol. The second-order valence-electron chi connectivity index (χ2n) is 5.61. The van der Waals surface area contributed by atoms with Gasteiger partial charge in [0.25, 0.3) is 0 Å². The molecule has 0 heterocycles. The molecule has 1 rings (SSSR count). The van der Waals surface area contributed by atoms with E-state index in [9.17, 15) is 14.4 Å².